The van der Waals surface area contributed by atoms with Crippen molar-refractivity contribution in [2.45, 2.75) is 25.3 Å². The standard InChI is InChI=1S/C11H15ClN2OS/c1-11(4-6-13-7-5-11)14-10(15)8-2-3-9(12)16-8/h2-3,13H,4-7H2,1H3,(H,14,15). The fourth-order valence-electron chi connectivity index (χ4n) is 1.88. The number of nitrogens with one attached hydrogen (secondary N) is 2. The first-order chi connectivity index (χ1) is 7.59. The Morgan fingerprint density at radius 1 is 1.50 bits per heavy atom. The third kappa shape index (κ3) is 2.75. The maximum Gasteiger partial charge on any atom is 0.261 e. The van der Waals surface area contributed by atoms with Crippen LogP contribution in [0, 0.1) is 0 Å². The van der Waals surface area contributed by atoms with Crippen LogP contribution in [0.15, 0.2) is 12.1 Å². The number of hydrogen-bond acceptors (Lipinski definition) is 3. The molecule has 0 aromatic carbocycles. The van der Waals surface area contributed by atoms with Gasteiger partial charge in [-0.25, -0.2) is 0 Å². The van der Waals surface area contributed by atoms with E-state index >= 15 is 0 Å². The predicted molar refractivity (Wildman–Crippen MR) is 67.3 cm³/mol. The van der Waals surface area contributed by atoms with Crippen molar-refractivity contribution in [3.63, 3.8) is 0 Å². The van der Waals surface area contributed by atoms with Crippen molar-refractivity contribution in [1.29, 1.82) is 0 Å². The molecule has 1 fully saturated rings. The summed E-state index contributed by atoms with van der Waals surface area (Å²) in [6.45, 7) is 4.02. The van der Waals surface area contributed by atoms with E-state index < -0.39 is 0 Å². The van der Waals surface area contributed by atoms with Crippen molar-refractivity contribution < 1.29 is 4.79 Å². The van der Waals surface area contributed by atoms with Crippen molar-refractivity contribution >= 4 is 28.8 Å². The van der Waals surface area contributed by atoms with Crippen LogP contribution in [0.5, 0.6) is 0 Å². The first-order valence-electron chi connectivity index (χ1n) is 5.38. The summed E-state index contributed by atoms with van der Waals surface area (Å²) in [6.07, 6.45) is 1.94. The zero-order valence-corrected chi connectivity index (χ0v) is 10.8. The number of carbonyl (C=O) groups excluding carboxylic acids is 1. The lowest BCUT2D eigenvalue weighted by molar-refractivity contribution is 0.0892. The van der Waals surface area contributed by atoms with Crippen LogP contribution < -0.4 is 10.6 Å². The van der Waals surface area contributed by atoms with E-state index in [9.17, 15) is 4.79 Å². The van der Waals surface area contributed by atoms with Gasteiger partial charge in [-0.3, -0.25) is 4.79 Å². The van der Waals surface area contributed by atoms with Gasteiger partial charge in [-0.2, -0.15) is 0 Å². The number of piperidine rings is 1. The second-order valence-electron chi connectivity index (χ2n) is 4.37. The Balaban J connectivity index is 2.01. The number of rotatable bonds is 2. The molecule has 1 saturated heterocycles. The maximum absolute atomic E-state index is 12.0. The zero-order chi connectivity index (χ0) is 11.6. The lowest BCUT2D eigenvalue weighted by atomic mass is 9.90. The second-order valence-corrected chi connectivity index (χ2v) is 6.08. The second kappa shape index (κ2) is 4.73. The lowest BCUT2D eigenvalue weighted by Gasteiger charge is -2.34. The Morgan fingerprint density at radius 3 is 2.75 bits per heavy atom. The largest absolute Gasteiger partial charge is 0.346 e. The van der Waals surface area contributed by atoms with Gasteiger partial charge >= 0.3 is 0 Å². The Hall–Kier alpha value is -0.580. The van der Waals surface area contributed by atoms with Crippen LogP contribution in [0.1, 0.15) is 29.4 Å². The summed E-state index contributed by atoms with van der Waals surface area (Å²) in [5.74, 6) is -0.0127. The average Bonchev–Trinajstić information content (AvgIpc) is 2.65. The molecule has 3 nitrogen and oxygen atoms in total. The summed E-state index contributed by atoms with van der Waals surface area (Å²) in [5, 5.41) is 6.38. The van der Waals surface area contributed by atoms with Gasteiger partial charge in [0.25, 0.3) is 5.91 Å². The molecule has 0 bridgehead atoms. The van der Waals surface area contributed by atoms with Crippen molar-refractivity contribution in [2.24, 2.45) is 0 Å². The molecule has 0 aliphatic carbocycles. The number of carbonyl (C=O) groups is 1. The molecule has 1 aliphatic heterocycles. The number of amides is 1. The molecule has 0 spiro atoms. The van der Waals surface area contributed by atoms with Gasteiger partial charge in [-0.1, -0.05) is 11.6 Å². The van der Waals surface area contributed by atoms with E-state index in [2.05, 4.69) is 17.6 Å². The minimum Gasteiger partial charge on any atom is -0.346 e. The van der Waals surface area contributed by atoms with E-state index in [-0.39, 0.29) is 11.4 Å². The molecule has 0 saturated carbocycles. The van der Waals surface area contributed by atoms with Gasteiger partial charge in [-0.05, 0) is 45.0 Å². The minimum absolute atomic E-state index is 0.0127. The highest BCUT2D eigenvalue weighted by Crippen LogP contribution is 2.23. The van der Waals surface area contributed by atoms with E-state index in [0.717, 1.165) is 25.9 Å². The van der Waals surface area contributed by atoms with Crippen molar-refractivity contribution in [3.8, 4) is 0 Å². The normalized spacial score (nSPS) is 19.4. The monoisotopic (exact) mass is 258 g/mol. The first kappa shape index (κ1) is 11.9. The molecular weight excluding hydrogens is 244 g/mol. The van der Waals surface area contributed by atoms with Gasteiger partial charge in [0, 0.05) is 5.54 Å². The highest BCUT2D eigenvalue weighted by atomic mass is 35.5. The Bertz CT molecular complexity index is 385. The minimum atomic E-state index is -0.0845. The average molecular weight is 259 g/mol. The van der Waals surface area contributed by atoms with E-state index in [4.69, 9.17) is 11.6 Å². The molecular formula is C11H15ClN2OS. The number of thiophene rings is 1. The van der Waals surface area contributed by atoms with Crippen molar-refractivity contribution in [1.82, 2.24) is 10.6 Å². The van der Waals surface area contributed by atoms with E-state index in [1.807, 2.05) is 0 Å². The van der Waals surface area contributed by atoms with Gasteiger partial charge in [0.1, 0.15) is 0 Å². The van der Waals surface area contributed by atoms with Crippen LogP contribution in [0.2, 0.25) is 4.34 Å². The fraction of sp³-hybridized carbons (Fsp3) is 0.545. The smallest absolute Gasteiger partial charge is 0.261 e. The molecule has 1 aromatic heterocycles. The van der Waals surface area contributed by atoms with Crippen LogP contribution in [-0.4, -0.2) is 24.5 Å². The van der Waals surface area contributed by atoms with Crippen molar-refractivity contribution in [3.05, 3.63) is 21.3 Å². The third-order valence-corrected chi connectivity index (χ3v) is 4.15. The molecule has 1 aliphatic rings. The molecule has 2 heterocycles. The van der Waals surface area contributed by atoms with Crippen LogP contribution in [0.25, 0.3) is 0 Å². The molecule has 0 radical (unpaired) electrons. The molecule has 5 heteroatoms. The summed E-state index contributed by atoms with van der Waals surface area (Å²) in [6, 6.07) is 3.53. The van der Waals surface area contributed by atoms with Crippen LogP contribution in [0.3, 0.4) is 0 Å². The third-order valence-electron chi connectivity index (χ3n) is 2.92. The SMILES string of the molecule is CC1(NC(=O)c2ccc(Cl)s2)CCNCC1. The topological polar surface area (TPSA) is 41.1 Å². The van der Waals surface area contributed by atoms with Crippen LogP contribution >= 0.6 is 22.9 Å². The van der Waals surface area contributed by atoms with Crippen molar-refractivity contribution in [2.75, 3.05) is 13.1 Å². The van der Waals surface area contributed by atoms with Gasteiger partial charge < -0.3 is 10.6 Å². The van der Waals surface area contributed by atoms with Gasteiger partial charge in [0.15, 0.2) is 0 Å². The zero-order valence-electron chi connectivity index (χ0n) is 9.18. The lowest BCUT2D eigenvalue weighted by Crippen LogP contribution is -2.52. The summed E-state index contributed by atoms with van der Waals surface area (Å²) >= 11 is 7.13. The molecule has 0 unspecified atom stereocenters. The van der Waals surface area contributed by atoms with E-state index in [1.165, 1.54) is 11.3 Å². The first-order valence-corrected chi connectivity index (χ1v) is 6.57. The molecule has 16 heavy (non-hydrogen) atoms. The summed E-state index contributed by atoms with van der Waals surface area (Å²) in [4.78, 5) is 12.6. The predicted octanol–water partition coefficient (Wildman–Crippen LogP) is 2.27. The highest BCUT2D eigenvalue weighted by molar-refractivity contribution is 7.18. The van der Waals surface area contributed by atoms with Gasteiger partial charge in [-0.15, -0.1) is 11.3 Å². The summed E-state index contributed by atoms with van der Waals surface area (Å²) in [5.41, 5.74) is -0.0845. The molecule has 1 amide bonds. The molecule has 1 aromatic rings. The number of halogens is 1. The summed E-state index contributed by atoms with van der Waals surface area (Å²) in [7, 11) is 0. The quantitative estimate of drug-likeness (QED) is 0.855. The molecule has 2 rings (SSSR count). The Morgan fingerprint density at radius 2 is 2.19 bits per heavy atom. The van der Waals surface area contributed by atoms with E-state index in [0.29, 0.717) is 9.21 Å². The number of hydrogen-bond donors (Lipinski definition) is 2. The van der Waals surface area contributed by atoms with Crippen LogP contribution in [0.4, 0.5) is 0 Å². The Kier molecular flexibility index (Phi) is 3.52. The van der Waals surface area contributed by atoms with Gasteiger partial charge in [0.05, 0.1) is 9.21 Å². The van der Waals surface area contributed by atoms with E-state index in [1.54, 1.807) is 12.1 Å². The molecule has 88 valence electrons. The van der Waals surface area contributed by atoms with Crippen LogP contribution in [-0.2, 0) is 0 Å². The Labute approximate surface area is 104 Å². The molecule has 0 atom stereocenters. The maximum atomic E-state index is 12.0. The summed E-state index contributed by atoms with van der Waals surface area (Å²) < 4.78 is 0.653. The van der Waals surface area contributed by atoms with Gasteiger partial charge in [0.2, 0.25) is 0 Å². The molecule has 2 N–H and O–H groups in total. The fourth-order valence-corrected chi connectivity index (χ4v) is 2.81. The highest BCUT2D eigenvalue weighted by Gasteiger charge is 2.28.